The summed E-state index contributed by atoms with van der Waals surface area (Å²) in [7, 11) is 0. The van der Waals surface area contributed by atoms with Gasteiger partial charge in [0.1, 0.15) is 17.2 Å². The highest BCUT2D eigenvalue weighted by atomic mass is 19.1. The van der Waals surface area contributed by atoms with E-state index in [0.29, 0.717) is 11.6 Å². The molecule has 0 aliphatic carbocycles. The van der Waals surface area contributed by atoms with Crippen LogP contribution in [-0.4, -0.2) is 38.9 Å². The lowest BCUT2D eigenvalue weighted by molar-refractivity contribution is 0.0836. The molecule has 1 aliphatic rings. The fourth-order valence-electron chi connectivity index (χ4n) is 4.18. The Morgan fingerprint density at radius 1 is 1.13 bits per heavy atom. The lowest BCUT2D eigenvalue weighted by Gasteiger charge is -2.34. The highest BCUT2D eigenvalue weighted by Gasteiger charge is 2.27. The Balaban J connectivity index is 2.01. The number of aromatic nitrogens is 2. The first-order chi connectivity index (χ1) is 14.4. The van der Waals surface area contributed by atoms with Crippen molar-refractivity contribution in [3.05, 3.63) is 62.0 Å². The average Bonchev–Trinajstić information content (AvgIpc) is 2.73. The maximum Gasteiger partial charge on any atom is 0.332 e. The van der Waals surface area contributed by atoms with E-state index in [2.05, 4.69) is 11.8 Å². The summed E-state index contributed by atoms with van der Waals surface area (Å²) in [5.41, 5.74) is 5.48. The Morgan fingerprint density at radius 2 is 1.83 bits per heavy atom. The van der Waals surface area contributed by atoms with E-state index >= 15 is 0 Å². The molecule has 0 amide bonds. The fourth-order valence-corrected chi connectivity index (χ4v) is 4.18. The quantitative estimate of drug-likeness (QED) is 0.699. The largest absolute Gasteiger partial charge is 0.384 e. The van der Waals surface area contributed by atoms with Gasteiger partial charge in [-0.1, -0.05) is 25.5 Å². The molecular weight excluding hydrogens is 387 g/mol. The van der Waals surface area contributed by atoms with Crippen LogP contribution in [0, 0.1) is 5.82 Å². The van der Waals surface area contributed by atoms with Gasteiger partial charge in [0.15, 0.2) is 5.78 Å². The Labute approximate surface area is 174 Å². The number of benzene rings is 1. The van der Waals surface area contributed by atoms with Gasteiger partial charge < -0.3 is 5.73 Å². The number of carbonyl (C=O) groups is 1. The van der Waals surface area contributed by atoms with Crippen LogP contribution in [0.5, 0.6) is 0 Å². The third-order valence-corrected chi connectivity index (χ3v) is 5.88. The molecule has 1 aromatic carbocycles. The summed E-state index contributed by atoms with van der Waals surface area (Å²) in [6.45, 7) is 4.86. The van der Waals surface area contributed by atoms with E-state index in [0.717, 1.165) is 36.8 Å². The number of ketones is 1. The number of Topliss-reactive ketones (excluding diaryl/α,β-unsaturated/α-hetero) is 1. The van der Waals surface area contributed by atoms with Gasteiger partial charge in [-0.3, -0.25) is 23.6 Å². The molecule has 0 unspecified atom stereocenters. The number of nitrogens with zero attached hydrogens (tertiary/aromatic N) is 3. The van der Waals surface area contributed by atoms with Gasteiger partial charge in [-0.05, 0) is 50.4 Å². The van der Waals surface area contributed by atoms with Crippen molar-refractivity contribution in [2.24, 2.45) is 0 Å². The third kappa shape index (κ3) is 4.38. The summed E-state index contributed by atoms with van der Waals surface area (Å²) in [5, 5.41) is 0. The van der Waals surface area contributed by atoms with E-state index in [9.17, 15) is 18.8 Å². The molecule has 2 aromatic rings. The molecule has 8 heteroatoms. The van der Waals surface area contributed by atoms with Crippen molar-refractivity contribution >= 4 is 11.6 Å². The minimum atomic E-state index is -0.648. The second kappa shape index (κ2) is 9.38. The maximum atomic E-state index is 13.2. The van der Waals surface area contributed by atoms with Crippen LogP contribution in [0.1, 0.15) is 55.5 Å². The molecule has 0 radical (unpaired) electrons. The van der Waals surface area contributed by atoms with E-state index in [-0.39, 0.29) is 42.6 Å². The summed E-state index contributed by atoms with van der Waals surface area (Å²) < 4.78 is 15.5. The zero-order chi connectivity index (χ0) is 21.8. The van der Waals surface area contributed by atoms with Crippen LogP contribution in [0.4, 0.5) is 10.2 Å². The van der Waals surface area contributed by atoms with Crippen LogP contribution in [0.15, 0.2) is 33.9 Å². The van der Waals surface area contributed by atoms with E-state index < -0.39 is 11.2 Å². The molecule has 2 heterocycles. The number of halogens is 1. The molecule has 0 spiro atoms. The first kappa shape index (κ1) is 22.0. The summed E-state index contributed by atoms with van der Waals surface area (Å²) in [4.78, 5) is 41.0. The number of nitrogen functional groups attached to an aromatic ring is 1. The van der Waals surface area contributed by atoms with Crippen molar-refractivity contribution in [1.82, 2.24) is 14.0 Å². The number of nitrogens with two attached hydrogens (primary N) is 1. The number of likely N-dealkylation sites (tertiary alicyclic amines) is 1. The number of anilines is 1. The van der Waals surface area contributed by atoms with Gasteiger partial charge >= 0.3 is 5.69 Å². The predicted octanol–water partition coefficient (Wildman–Crippen LogP) is 2.25. The number of piperidine rings is 1. The van der Waals surface area contributed by atoms with Crippen molar-refractivity contribution in [2.75, 3.05) is 18.8 Å². The van der Waals surface area contributed by atoms with Crippen LogP contribution >= 0.6 is 0 Å². The van der Waals surface area contributed by atoms with Crippen LogP contribution < -0.4 is 17.0 Å². The van der Waals surface area contributed by atoms with E-state index in [1.54, 1.807) is 19.1 Å². The molecule has 0 saturated carbocycles. The van der Waals surface area contributed by atoms with Gasteiger partial charge in [0.2, 0.25) is 0 Å². The summed E-state index contributed by atoms with van der Waals surface area (Å²) in [6.07, 6.45) is 4.12. The van der Waals surface area contributed by atoms with E-state index in [4.69, 9.17) is 5.73 Å². The van der Waals surface area contributed by atoms with Crippen molar-refractivity contribution in [3.63, 3.8) is 0 Å². The minimum absolute atomic E-state index is 0.0484. The SMILES string of the molecule is CC[C@H]1CCCCN1CC(=O)c1c(N)n(Cc2ccc(F)cc2)c(=O)n(CC)c1=O. The fraction of sp³-hybridized carbons (Fsp3) is 0.500. The lowest BCUT2D eigenvalue weighted by Crippen LogP contribution is -2.47. The second-order valence-corrected chi connectivity index (χ2v) is 7.76. The van der Waals surface area contributed by atoms with E-state index in [1.165, 1.54) is 16.7 Å². The molecule has 3 rings (SSSR count). The Hall–Kier alpha value is -2.74. The van der Waals surface area contributed by atoms with Gasteiger partial charge in [-0.25, -0.2) is 9.18 Å². The van der Waals surface area contributed by atoms with Crippen molar-refractivity contribution in [2.45, 2.75) is 58.7 Å². The number of carbonyl (C=O) groups excluding carboxylic acids is 1. The molecule has 2 N–H and O–H groups in total. The molecule has 1 aliphatic heterocycles. The average molecular weight is 416 g/mol. The van der Waals surface area contributed by atoms with Crippen LogP contribution in [-0.2, 0) is 13.1 Å². The zero-order valence-corrected chi connectivity index (χ0v) is 17.6. The van der Waals surface area contributed by atoms with Crippen LogP contribution in [0.3, 0.4) is 0 Å². The standard InChI is InChI=1S/C22H29FN4O3/c1-3-17-7-5-6-12-25(17)14-18(28)19-20(24)27(22(30)26(4-2)21(19)29)13-15-8-10-16(23)11-9-15/h8-11,17H,3-7,12-14,24H2,1-2H3/t17-/m0/s1. The molecule has 162 valence electrons. The molecule has 1 saturated heterocycles. The first-order valence-corrected chi connectivity index (χ1v) is 10.5. The van der Waals surface area contributed by atoms with Crippen molar-refractivity contribution in [1.29, 1.82) is 0 Å². The number of rotatable bonds is 7. The Kier molecular flexibility index (Phi) is 6.87. The van der Waals surface area contributed by atoms with Crippen LogP contribution in [0.2, 0.25) is 0 Å². The summed E-state index contributed by atoms with van der Waals surface area (Å²) in [5.74, 6) is -0.887. The van der Waals surface area contributed by atoms with Gasteiger partial charge in [-0.15, -0.1) is 0 Å². The molecule has 7 nitrogen and oxygen atoms in total. The Bertz CT molecular complexity index is 1030. The van der Waals surface area contributed by atoms with Crippen molar-refractivity contribution < 1.29 is 9.18 Å². The monoisotopic (exact) mass is 416 g/mol. The van der Waals surface area contributed by atoms with Gasteiger partial charge in [0.05, 0.1) is 13.1 Å². The predicted molar refractivity (Wildman–Crippen MR) is 114 cm³/mol. The Morgan fingerprint density at radius 3 is 2.47 bits per heavy atom. The lowest BCUT2D eigenvalue weighted by atomic mass is 9.99. The van der Waals surface area contributed by atoms with E-state index in [1.807, 2.05) is 0 Å². The molecule has 0 bridgehead atoms. The highest BCUT2D eigenvalue weighted by molar-refractivity contribution is 6.01. The molecule has 1 fully saturated rings. The normalized spacial score (nSPS) is 17.2. The minimum Gasteiger partial charge on any atom is -0.384 e. The molecule has 1 aromatic heterocycles. The molecule has 30 heavy (non-hydrogen) atoms. The summed E-state index contributed by atoms with van der Waals surface area (Å²) in [6, 6.07) is 5.98. The first-order valence-electron chi connectivity index (χ1n) is 10.5. The zero-order valence-electron chi connectivity index (χ0n) is 17.6. The summed E-state index contributed by atoms with van der Waals surface area (Å²) >= 11 is 0. The smallest absolute Gasteiger partial charge is 0.332 e. The number of hydrogen-bond acceptors (Lipinski definition) is 5. The van der Waals surface area contributed by atoms with Gasteiger partial charge in [0.25, 0.3) is 5.56 Å². The molecular formula is C22H29FN4O3. The van der Waals surface area contributed by atoms with Gasteiger partial charge in [-0.2, -0.15) is 0 Å². The number of hydrogen-bond donors (Lipinski definition) is 1. The van der Waals surface area contributed by atoms with Crippen LogP contribution in [0.25, 0.3) is 0 Å². The highest BCUT2D eigenvalue weighted by Crippen LogP contribution is 2.20. The second-order valence-electron chi connectivity index (χ2n) is 7.76. The van der Waals surface area contributed by atoms with Gasteiger partial charge in [0, 0.05) is 12.6 Å². The third-order valence-electron chi connectivity index (χ3n) is 5.88. The molecule has 1 atom stereocenters. The van der Waals surface area contributed by atoms with Crippen molar-refractivity contribution in [3.8, 4) is 0 Å². The maximum absolute atomic E-state index is 13.2. The topological polar surface area (TPSA) is 90.3 Å².